The Morgan fingerprint density at radius 3 is 2.38 bits per heavy atom. The molecule has 0 spiro atoms. The molecule has 1 aromatic rings. The fraction of sp³-hybridized carbons (Fsp3) is 0.500. The van der Waals surface area contributed by atoms with Gasteiger partial charge in [0.25, 0.3) is 0 Å². The predicted molar refractivity (Wildman–Crippen MR) is 74.1 cm³/mol. The Morgan fingerprint density at radius 2 is 1.81 bits per heavy atom. The fourth-order valence-corrected chi connectivity index (χ4v) is 1.98. The number of nitrogens with zero attached hydrogens (tertiary/aromatic N) is 1. The summed E-state index contributed by atoms with van der Waals surface area (Å²) in [6.45, 7) is 2.86. The highest BCUT2D eigenvalue weighted by Gasteiger charge is 2.26. The Kier molecular flexibility index (Phi) is 10.3. The topological polar surface area (TPSA) is 50.9 Å². The van der Waals surface area contributed by atoms with E-state index < -0.39 is 0 Å². The Bertz CT molecular complexity index is 271. The van der Waals surface area contributed by atoms with Crippen LogP contribution in [-0.2, 0) is 0 Å². The molecular formula is C10H18Cl3N3. The van der Waals surface area contributed by atoms with Crippen LogP contribution in [0.5, 0.6) is 0 Å². The lowest BCUT2D eigenvalue weighted by Crippen LogP contribution is -2.21. The van der Waals surface area contributed by atoms with E-state index in [1.165, 1.54) is 5.56 Å². The van der Waals surface area contributed by atoms with E-state index >= 15 is 0 Å². The molecule has 1 aromatic heterocycles. The van der Waals surface area contributed by atoms with E-state index in [1.807, 2.05) is 12.4 Å². The van der Waals surface area contributed by atoms with E-state index in [0.717, 1.165) is 19.6 Å². The van der Waals surface area contributed by atoms with Crippen LogP contribution in [0.1, 0.15) is 11.5 Å². The first-order valence-corrected chi connectivity index (χ1v) is 4.72. The fourth-order valence-electron chi connectivity index (χ4n) is 1.98. The zero-order valence-corrected chi connectivity index (χ0v) is 11.3. The van der Waals surface area contributed by atoms with Crippen LogP contribution in [0.15, 0.2) is 24.5 Å². The highest BCUT2D eigenvalue weighted by Crippen LogP contribution is 2.26. The summed E-state index contributed by atoms with van der Waals surface area (Å²) >= 11 is 0. The molecule has 0 aromatic carbocycles. The molecule has 6 heteroatoms. The summed E-state index contributed by atoms with van der Waals surface area (Å²) in [5.41, 5.74) is 7.06. The average molecular weight is 287 g/mol. The number of nitrogens with two attached hydrogens (primary N) is 1. The maximum absolute atomic E-state index is 5.71. The second-order valence-electron chi connectivity index (χ2n) is 3.54. The quantitative estimate of drug-likeness (QED) is 0.868. The molecule has 0 aliphatic carbocycles. The third-order valence-electron chi connectivity index (χ3n) is 2.78. The molecule has 2 atom stereocenters. The van der Waals surface area contributed by atoms with Crippen LogP contribution >= 0.6 is 37.2 Å². The van der Waals surface area contributed by atoms with Crippen molar-refractivity contribution in [1.29, 1.82) is 0 Å². The summed E-state index contributed by atoms with van der Waals surface area (Å²) in [6, 6.07) is 4.17. The SMILES string of the molecule is Cl.Cl.Cl.NCC1CNCC1c1ccncc1. The summed E-state index contributed by atoms with van der Waals surface area (Å²) in [5.74, 6) is 1.16. The van der Waals surface area contributed by atoms with E-state index in [1.54, 1.807) is 0 Å². The second-order valence-corrected chi connectivity index (χ2v) is 3.54. The number of pyridine rings is 1. The molecule has 1 aliphatic rings. The Labute approximate surface area is 115 Å². The van der Waals surface area contributed by atoms with Gasteiger partial charge in [-0.15, -0.1) is 37.2 Å². The molecule has 0 saturated carbocycles. The molecule has 1 aliphatic heterocycles. The average Bonchev–Trinajstić information content (AvgIpc) is 2.67. The molecule has 2 unspecified atom stereocenters. The van der Waals surface area contributed by atoms with Gasteiger partial charge in [0.05, 0.1) is 0 Å². The van der Waals surface area contributed by atoms with Crippen LogP contribution in [0.4, 0.5) is 0 Å². The van der Waals surface area contributed by atoms with Crippen molar-refractivity contribution in [1.82, 2.24) is 10.3 Å². The first kappa shape index (κ1) is 18.3. The van der Waals surface area contributed by atoms with Gasteiger partial charge < -0.3 is 11.1 Å². The van der Waals surface area contributed by atoms with Crippen molar-refractivity contribution in [3.8, 4) is 0 Å². The molecule has 16 heavy (non-hydrogen) atoms. The van der Waals surface area contributed by atoms with Gasteiger partial charge in [0, 0.05) is 24.9 Å². The van der Waals surface area contributed by atoms with Crippen molar-refractivity contribution in [3.05, 3.63) is 30.1 Å². The normalized spacial score (nSPS) is 22.6. The Hall–Kier alpha value is -0.0600. The molecule has 3 N–H and O–H groups in total. The summed E-state index contributed by atoms with van der Waals surface area (Å²) in [5, 5.41) is 3.37. The maximum Gasteiger partial charge on any atom is 0.0270 e. The largest absolute Gasteiger partial charge is 0.330 e. The molecule has 0 amide bonds. The van der Waals surface area contributed by atoms with Gasteiger partial charge in [-0.2, -0.15) is 0 Å². The molecule has 0 radical (unpaired) electrons. The lowest BCUT2D eigenvalue weighted by molar-refractivity contribution is 0.530. The lowest BCUT2D eigenvalue weighted by Gasteiger charge is -2.16. The van der Waals surface area contributed by atoms with Gasteiger partial charge in [-0.05, 0) is 36.7 Å². The molecule has 3 nitrogen and oxygen atoms in total. The van der Waals surface area contributed by atoms with Gasteiger partial charge in [0.15, 0.2) is 0 Å². The summed E-state index contributed by atoms with van der Waals surface area (Å²) in [6.07, 6.45) is 3.70. The van der Waals surface area contributed by atoms with Crippen LogP contribution in [0, 0.1) is 5.92 Å². The van der Waals surface area contributed by atoms with Gasteiger partial charge >= 0.3 is 0 Å². The maximum atomic E-state index is 5.71. The first-order valence-electron chi connectivity index (χ1n) is 4.72. The number of aromatic nitrogens is 1. The standard InChI is InChI=1S/C10H15N3.3ClH/c11-5-9-6-13-7-10(9)8-1-3-12-4-2-8;;;/h1-4,9-10,13H,5-7,11H2;3*1H. The third-order valence-corrected chi connectivity index (χ3v) is 2.78. The van der Waals surface area contributed by atoms with Crippen molar-refractivity contribution >= 4 is 37.2 Å². The number of hydrogen-bond donors (Lipinski definition) is 2. The Balaban J connectivity index is 0. The zero-order valence-electron chi connectivity index (χ0n) is 8.83. The summed E-state index contributed by atoms with van der Waals surface area (Å²) in [7, 11) is 0. The van der Waals surface area contributed by atoms with E-state index in [-0.39, 0.29) is 37.2 Å². The molecular weight excluding hydrogens is 268 g/mol. The van der Waals surface area contributed by atoms with Crippen LogP contribution in [0.2, 0.25) is 0 Å². The number of halogens is 3. The molecule has 1 saturated heterocycles. The molecule has 94 valence electrons. The van der Waals surface area contributed by atoms with Gasteiger partial charge in [-0.1, -0.05) is 0 Å². The summed E-state index contributed by atoms with van der Waals surface area (Å²) in [4.78, 5) is 4.02. The highest BCUT2D eigenvalue weighted by molar-refractivity contribution is 5.86. The van der Waals surface area contributed by atoms with E-state index in [2.05, 4.69) is 22.4 Å². The van der Waals surface area contributed by atoms with Crippen LogP contribution in [0.3, 0.4) is 0 Å². The van der Waals surface area contributed by atoms with E-state index in [0.29, 0.717) is 11.8 Å². The predicted octanol–water partition coefficient (Wildman–Crippen LogP) is 1.61. The van der Waals surface area contributed by atoms with Crippen molar-refractivity contribution < 1.29 is 0 Å². The smallest absolute Gasteiger partial charge is 0.0270 e. The number of hydrogen-bond acceptors (Lipinski definition) is 3. The highest BCUT2D eigenvalue weighted by atomic mass is 35.5. The minimum Gasteiger partial charge on any atom is -0.330 e. The van der Waals surface area contributed by atoms with Crippen molar-refractivity contribution in [3.63, 3.8) is 0 Å². The monoisotopic (exact) mass is 285 g/mol. The van der Waals surface area contributed by atoms with E-state index in [9.17, 15) is 0 Å². The molecule has 2 rings (SSSR count). The van der Waals surface area contributed by atoms with Crippen LogP contribution in [-0.4, -0.2) is 24.6 Å². The van der Waals surface area contributed by atoms with Crippen molar-refractivity contribution in [2.75, 3.05) is 19.6 Å². The van der Waals surface area contributed by atoms with Crippen molar-refractivity contribution in [2.45, 2.75) is 5.92 Å². The van der Waals surface area contributed by atoms with Gasteiger partial charge in [-0.25, -0.2) is 0 Å². The minimum atomic E-state index is 0. The zero-order chi connectivity index (χ0) is 9.10. The summed E-state index contributed by atoms with van der Waals surface area (Å²) < 4.78 is 0. The molecule has 0 bridgehead atoms. The van der Waals surface area contributed by atoms with Gasteiger partial charge in [0.2, 0.25) is 0 Å². The van der Waals surface area contributed by atoms with Crippen LogP contribution in [0.25, 0.3) is 0 Å². The van der Waals surface area contributed by atoms with E-state index in [4.69, 9.17) is 5.73 Å². The van der Waals surface area contributed by atoms with Crippen molar-refractivity contribution in [2.24, 2.45) is 11.7 Å². The molecule has 2 heterocycles. The number of rotatable bonds is 2. The molecule has 1 fully saturated rings. The van der Waals surface area contributed by atoms with Gasteiger partial charge in [0.1, 0.15) is 0 Å². The lowest BCUT2D eigenvalue weighted by atomic mass is 9.90. The second kappa shape index (κ2) is 9.02. The van der Waals surface area contributed by atoms with Crippen LogP contribution < -0.4 is 11.1 Å². The minimum absolute atomic E-state index is 0. The first-order chi connectivity index (χ1) is 6.42. The number of nitrogens with one attached hydrogen (secondary N) is 1. The third kappa shape index (κ3) is 4.07. The Morgan fingerprint density at radius 1 is 1.19 bits per heavy atom. The van der Waals surface area contributed by atoms with Gasteiger partial charge in [-0.3, -0.25) is 4.98 Å².